The molecule has 0 atom stereocenters. The molecule has 0 spiro atoms. The average Bonchev–Trinajstić information content (AvgIpc) is 2.98. The van der Waals surface area contributed by atoms with Gasteiger partial charge in [0.2, 0.25) is 0 Å². The fraction of sp³-hybridized carbons (Fsp3) is 0.294. The molecule has 0 unspecified atom stereocenters. The van der Waals surface area contributed by atoms with Crippen LogP contribution in [0.3, 0.4) is 0 Å². The zero-order valence-electron chi connectivity index (χ0n) is 14.0. The van der Waals surface area contributed by atoms with Gasteiger partial charge in [-0.15, -0.1) is 9.19 Å². The lowest BCUT2D eigenvalue weighted by atomic mass is 9.98. The number of rotatable bonds is 4. The molecule has 0 N–H and O–H groups in total. The molecule has 3 aromatic rings. The van der Waals surface area contributed by atoms with Gasteiger partial charge in [-0.25, -0.2) is 0 Å². The lowest BCUT2D eigenvalue weighted by molar-refractivity contribution is 0.401. The van der Waals surface area contributed by atoms with Gasteiger partial charge in [0.25, 0.3) is 10.0 Å². The Kier molecular flexibility index (Phi) is 4.04. The molecule has 0 aliphatic carbocycles. The van der Waals surface area contributed by atoms with Gasteiger partial charge in [-0.05, 0) is 48.2 Å². The number of benzene rings is 2. The van der Waals surface area contributed by atoms with Crippen LogP contribution in [0.15, 0.2) is 41.3 Å². The topological polar surface area (TPSA) is 74.1 Å². The van der Waals surface area contributed by atoms with Gasteiger partial charge < -0.3 is 4.74 Å². The summed E-state index contributed by atoms with van der Waals surface area (Å²) in [4.78, 5) is 0.0925. The predicted molar refractivity (Wildman–Crippen MR) is 91.9 cm³/mol. The van der Waals surface area contributed by atoms with Crippen molar-refractivity contribution < 1.29 is 13.2 Å². The second kappa shape index (κ2) is 5.90. The third kappa shape index (κ3) is 2.54. The Bertz CT molecular complexity index is 1010. The molecule has 0 bridgehead atoms. The Morgan fingerprint density at radius 2 is 1.88 bits per heavy atom. The summed E-state index contributed by atoms with van der Waals surface area (Å²) in [5, 5.41) is 7.77. The van der Waals surface area contributed by atoms with E-state index in [1.165, 1.54) is 7.11 Å². The summed E-state index contributed by atoms with van der Waals surface area (Å²) < 4.78 is 32.6. The quantitative estimate of drug-likeness (QED) is 0.726. The molecular weight excluding hydrogens is 326 g/mol. The summed E-state index contributed by atoms with van der Waals surface area (Å²) in [5.74, 6) is 0.494. The summed E-state index contributed by atoms with van der Waals surface area (Å²) in [6.45, 7) is 5.99. The number of aryl methyl sites for hydroxylation is 1. The van der Waals surface area contributed by atoms with Crippen molar-refractivity contribution in [3.8, 4) is 5.75 Å². The second-order valence-corrected chi connectivity index (χ2v) is 7.68. The third-order valence-corrected chi connectivity index (χ3v) is 5.60. The molecule has 0 aliphatic rings. The standard InChI is InChI=1S/C17H19N3O3S/c1-11(2)13-10-17(16(23-4)9-12(13)3)24(21,22)20-15-8-6-5-7-14(15)18-19-20/h5-11H,1-4H3. The summed E-state index contributed by atoms with van der Waals surface area (Å²) in [7, 11) is -2.46. The Labute approximate surface area is 141 Å². The SMILES string of the molecule is COc1cc(C)c(C(C)C)cc1S(=O)(=O)n1nnc2ccccc21. The lowest BCUT2D eigenvalue weighted by Crippen LogP contribution is -2.16. The minimum Gasteiger partial charge on any atom is -0.495 e. The highest BCUT2D eigenvalue weighted by atomic mass is 32.2. The van der Waals surface area contributed by atoms with Crippen molar-refractivity contribution in [2.45, 2.75) is 31.6 Å². The van der Waals surface area contributed by atoms with Gasteiger partial charge in [0.05, 0.1) is 7.11 Å². The predicted octanol–water partition coefficient (Wildman–Crippen LogP) is 3.11. The van der Waals surface area contributed by atoms with Crippen molar-refractivity contribution in [1.29, 1.82) is 0 Å². The van der Waals surface area contributed by atoms with Gasteiger partial charge in [-0.3, -0.25) is 0 Å². The zero-order valence-corrected chi connectivity index (χ0v) is 14.8. The molecule has 0 fully saturated rings. The number of nitrogens with zero attached hydrogens (tertiary/aromatic N) is 3. The van der Waals surface area contributed by atoms with E-state index in [1.807, 2.05) is 20.8 Å². The van der Waals surface area contributed by atoms with Crippen LogP contribution in [0.4, 0.5) is 0 Å². The van der Waals surface area contributed by atoms with Gasteiger partial charge in [-0.2, -0.15) is 8.42 Å². The minimum atomic E-state index is -3.92. The molecule has 6 nitrogen and oxygen atoms in total. The second-order valence-electron chi connectivity index (χ2n) is 5.94. The van der Waals surface area contributed by atoms with Crippen LogP contribution in [0.1, 0.15) is 30.9 Å². The first-order chi connectivity index (χ1) is 11.4. The summed E-state index contributed by atoms with van der Waals surface area (Å²) in [6, 6.07) is 10.4. The maximum absolute atomic E-state index is 13.2. The lowest BCUT2D eigenvalue weighted by Gasteiger charge is -2.16. The Morgan fingerprint density at radius 3 is 2.54 bits per heavy atom. The summed E-state index contributed by atoms with van der Waals surface area (Å²) >= 11 is 0. The molecule has 1 heterocycles. The van der Waals surface area contributed by atoms with Crippen molar-refractivity contribution in [2.24, 2.45) is 0 Å². The first-order valence-corrected chi connectivity index (χ1v) is 9.05. The smallest absolute Gasteiger partial charge is 0.288 e. The largest absolute Gasteiger partial charge is 0.495 e. The highest BCUT2D eigenvalue weighted by Crippen LogP contribution is 2.32. The molecule has 126 valence electrons. The molecule has 7 heteroatoms. The average molecular weight is 345 g/mol. The summed E-state index contributed by atoms with van der Waals surface area (Å²) in [6.07, 6.45) is 0. The molecule has 1 aromatic heterocycles. The van der Waals surface area contributed by atoms with E-state index in [9.17, 15) is 8.42 Å². The highest BCUT2D eigenvalue weighted by molar-refractivity contribution is 7.90. The van der Waals surface area contributed by atoms with E-state index < -0.39 is 10.0 Å². The molecule has 0 amide bonds. The maximum atomic E-state index is 13.2. The van der Waals surface area contributed by atoms with Gasteiger partial charge >= 0.3 is 0 Å². The van der Waals surface area contributed by atoms with Crippen molar-refractivity contribution >= 4 is 21.1 Å². The van der Waals surface area contributed by atoms with Crippen LogP contribution < -0.4 is 4.74 Å². The fourth-order valence-electron chi connectivity index (χ4n) is 2.78. The number of fused-ring (bicyclic) bond motifs is 1. The maximum Gasteiger partial charge on any atom is 0.288 e. The van der Waals surface area contributed by atoms with Crippen molar-refractivity contribution in [1.82, 2.24) is 14.4 Å². The molecule has 0 radical (unpaired) electrons. The molecule has 0 aliphatic heterocycles. The van der Waals surface area contributed by atoms with E-state index in [0.717, 1.165) is 15.2 Å². The van der Waals surface area contributed by atoms with Crippen molar-refractivity contribution in [2.75, 3.05) is 7.11 Å². The van der Waals surface area contributed by atoms with Crippen molar-refractivity contribution in [3.05, 3.63) is 47.5 Å². The van der Waals surface area contributed by atoms with E-state index in [0.29, 0.717) is 16.8 Å². The number of methoxy groups -OCH3 is 1. The summed E-state index contributed by atoms with van der Waals surface area (Å²) in [5.41, 5.74) is 2.91. The van der Waals surface area contributed by atoms with Crippen LogP contribution >= 0.6 is 0 Å². The normalized spacial score (nSPS) is 12.0. The Morgan fingerprint density at radius 1 is 1.17 bits per heavy atom. The van der Waals surface area contributed by atoms with Gasteiger partial charge in [0, 0.05) is 0 Å². The van der Waals surface area contributed by atoms with Gasteiger partial charge in [0.1, 0.15) is 21.7 Å². The molecule has 0 saturated heterocycles. The molecule has 3 rings (SSSR count). The van der Waals surface area contributed by atoms with Crippen LogP contribution in [0.2, 0.25) is 0 Å². The van der Waals surface area contributed by atoms with Crippen LogP contribution in [0, 0.1) is 6.92 Å². The van der Waals surface area contributed by atoms with Crippen LogP contribution in [0.25, 0.3) is 11.0 Å². The highest BCUT2D eigenvalue weighted by Gasteiger charge is 2.26. The van der Waals surface area contributed by atoms with E-state index >= 15 is 0 Å². The van der Waals surface area contributed by atoms with Gasteiger partial charge in [0.15, 0.2) is 0 Å². The minimum absolute atomic E-state index is 0.0925. The van der Waals surface area contributed by atoms with Gasteiger partial charge in [-0.1, -0.05) is 31.2 Å². The van der Waals surface area contributed by atoms with E-state index in [1.54, 1.807) is 36.4 Å². The first-order valence-electron chi connectivity index (χ1n) is 7.61. The Balaban J connectivity index is 2.28. The fourth-order valence-corrected chi connectivity index (χ4v) is 4.18. The number of hydrogen-bond donors (Lipinski definition) is 0. The van der Waals surface area contributed by atoms with E-state index in [2.05, 4.69) is 10.3 Å². The van der Waals surface area contributed by atoms with Crippen LogP contribution in [-0.4, -0.2) is 29.9 Å². The van der Waals surface area contributed by atoms with Crippen LogP contribution in [0.5, 0.6) is 5.75 Å². The van der Waals surface area contributed by atoms with Crippen molar-refractivity contribution in [3.63, 3.8) is 0 Å². The Hall–Kier alpha value is -2.41. The van der Waals surface area contributed by atoms with E-state index in [4.69, 9.17) is 4.74 Å². The third-order valence-electron chi connectivity index (χ3n) is 4.00. The molecule has 0 saturated carbocycles. The first kappa shape index (κ1) is 16.4. The van der Waals surface area contributed by atoms with E-state index in [-0.39, 0.29) is 10.8 Å². The monoisotopic (exact) mass is 345 g/mol. The molecular formula is C17H19N3O3S. The molecule has 2 aromatic carbocycles. The zero-order chi connectivity index (χ0) is 17.5. The number of aromatic nitrogens is 3. The number of para-hydroxylation sites is 1. The van der Waals surface area contributed by atoms with Crippen LogP contribution in [-0.2, 0) is 10.0 Å². The molecule has 24 heavy (non-hydrogen) atoms. The number of ether oxygens (including phenoxy) is 1. The number of hydrogen-bond acceptors (Lipinski definition) is 5.